The van der Waals surface area contributed by atoms with Gasteiger partial charge in [0.05, 0.1) is 30.0 Å². The van der Waals surface area contributed by atoms with Crippen LogP contribution in [0.2, 0.25) is 0 Å². The van der Waals surface area contributed by atoms with Gasteiger partial charge < -0.3 is 18.8 Å². The molecule has 0 aliphatic carbocycles. The number of anilines is 3. The van der Waals surface area contributed by atoms with Gasteiger partial charge in [-0.15, -0.1) is 0 Å². The van der Waals surface area contributed by atoms with Crippen molar-refractivity contribution in [2.75, 3.05) is 60.2 Å². The van der Waals surface area contributed by atoms with Gasteiger partial charge in [-0.1, -0.05) is 42.4 Å². The van der Waals surface area contributed by atoms with E-state index >= 15 is 4.39 Å². The first-order valence-electron chi connectivity index (χ1n) is 10.6. The monoisotopic (exact) mass is 474 g/mol. The number of para-hydroxylation sites is 1. The van der Waals surface area contributed by atoms with E-state index in [0.29, 0.717) is 24.5 Å². The van der Waals surface area contributed by atoms with Gasteiger partial charge in [-0.25, -0.2) is 9.18 Å². The van der Waals surface area contributed by atoms with Crippen LogP contribution in [0.3, 0.4) is 0 Å². The average molecular weight is 475 g/mol. The summed E-state index contributed by atoms with van der Waals surface area (Å²) in [7, 11) is 0. The maximum atomic E-state index is 15.1. The number of carbonyl (C=O) groups excluding carboxylic acids is 1. The predicted octanol–water partition coefficient (Wildman–Crippen LogP) is 4.32. The highest BCUT2D eigenvalue weighted by molar-refractivity contribution is 7.97. The Balaban J connectivity index is 1.40. The molecule has 2 heterocycles. The second kappa shape index (κ2) is 9.95. The van der Waals surface area contributed by atoms with Crippen molar-refractivity contribution in [3.05, 3.63) is 53.8 Å². The Morgan fingerprint density at radius 1 is 1.16 bits per heavy atom. The fourth-order valence-electron chi connectivity index (χ4n) is 4.22. The average Bonchev–Trinajstić information content (AvgIpc) is 3.18. The Labute approximate surface area is 198 Å². The molecule has 170 valence electrons. The molecule has 0 radical (unpaired) electrons. The summed E-state index contributed by atoms with van der Waals surface area (Å²) in [4.78, 5) is 18.2. The van der Waals surface area contributed by atoms with Crippen LogP contribution in [0, 0.1) is 12.7 Å². The minimum Gasteiger partial charge on any atom is -0.442 e. The van der Waals surface area contributed by atoms with Crippen LogP contribution in [0.4, 0.5) is 26.2 Å². The molecule has 0 aromatic heterocycles. The molecule has 0 N–H and O–H groups in total. The number of thiocarbonyl (C=S) groups is 1. The Morgan fingerprint density at radius 2 is 1.84 bits per heavy atom. The number of aryl methyl sites for hydroxylation is 1. The van der Waals surface area contributed by atoms with E-state index in [-0.39, 0.29) is 11.9 Å². The number of nitrogens with zero attached hydrogens (tertiary/aromatic N) is 4. The number of cyclic esters (lactones) is 1. The smallest absolute Gasteiger partial charge is 0.414 e. The zero-order chi connectivity index (χ0) is 22.7. The number of carbonyl (C=O) groups is 1. The Bertz CT molecular complexity index is 984. The third kappa shape index (κ3) is 4.78. The highest BCUT2D eigenvalue weighted by Crippen LogP contribution is 2.30. The van der Waals surface area contributed by atoms with E-state index in [2.05, 4.69) is 34.9 Å². The fraction of sp³-hybridized carbons (Fsp3) is 0.391. The molecule has 2 aliphatic heterocycles. The molecule has 2 aromatic rings. The summed E-state index contributed by atoms with van der Waals surface area (Å²) in [5.41, 5.74) is 5.10. The van der Waals surface area contributed by atoms with Crippen molar-refractivity contribution in [2.24, 2.45) is 0 Å². The zero-order valence-corrected chi connectivity index (χ0v) is 19.9. The largest absolute Gasteiger partial charge is 0.442 e. The van der Waals surface area contributed by atoms with Gasteiger partial charge in [-0.3, -0.25) is 4.90 Å². The number of ether oxygens (including phenoxy) is 1. The first-order chi connectivity index (χ1) is 15.5. The molecule has 2 aliphatic rings. The van der Waals surface area contributed by atoms with Crippen LogP contribution >= 0.6 is 24.2 Å². The van der Waals surface area contributed by atoms with Gasteiger partial charge in [0.15, 0.2) is 0 Å². The van der Waals surface area contributed by atoms with Crippen molar-refractivity contribution in [3.8, 4) is 0 Å². The molecule has 0 bridgehead atoms. The van der Waals surface area contributed by atoms with Crippen molar-refractivity contribution >= 4 is 52.8 Å². The van der Waals surface area contributed by atoms with Crippen LogP contribution in [0.5, 0.6) is 0 Å². The van der Waals surface area contributed by atoms with Gasteiger partial charge >= 0.3 is 6.09 Å². The number of benzene rings is 2. The van der Waals surface area contributed by atoms with E-state index in [1.807, 2.05) is 16.6 Å². The van der Waals surface area contributed by atoms with E-state index in [1.54, 1.807) is 12.1 Å². The third-order valence-electron chi connectivity index (χ3n) is 5.93. The minimum atomic E-state index is -0.459. The zero-order valence-electron chi connectivity index (χ0n) is 18.2. The van der Waals surface area contributed by atoms with E-state index in [1.165, 1.54) is 39.7 Å². The molecule has 1 atom stereocenters. The van der Waals surface area contributed by atoms with Gasteiger partial charge in [0.2, 0.25) is 0 Å². The number of rotatable bonds is 7. The van der Waals surface area contributed by atoms with E-state index in [9.17, 15) is 4.79 Å². The first-order valence-corrected chi connectivity index (χ1v) is 12.2. The topological polar surface area (TPSA) is 39.3 Å². The summed E-state index contributed by atoms with van der Waals surface area (Å²) in [5, 5.41) is 0. The normalized spacial score (nSPS) is 18.7. The molecule has 2 aromatic carbocycles. The summed E-state index contributed by atoms with van der Waals surface area (Å²) in [6.45, 7) is 6.12. The molecule has 9 heteroatoms. The van der Waals surface area contributed by atoms with Crippen LogP contribution in [-0.4, -0.2) is 67.5 Å². The third-order valence-corrected chi connectivity index (χ3v) is 7.04. The molecule has 6 nitrogen and oxygen atoms in total. The molecule has 0 spiro atoms. The fourth-order valence-corrected chi connectivity index (χ4v) is 4.96. The van der Waals surface area contributed by atoms with Crippen LogP contribution in [0.1, 0.15) is 5.56 Å². The lowest BCUT2D eigenvalue weighted by molar-refractivity contribution is 0.137. The minimum absolute atomic E-state index is 0.314. The summed E-state index contributed by atoms with van der Waals surface area (Å²) in [6.07, 6.45) is 1.14. The van der Waals surface area contributed by atoms with Gasteiger partial charge in [-0.2, -0.15) is 0 Å². The lowest BCUT2D eigenvalue weighted by Gasteiger charge is -2.38. The van der Waals surface area contributed by atoms with Crippen molar-refractivity contribution in [2.45, 2.75) is 13.0 Å². The van der Waals surface area contributed by atoms with Gasteiger partial charge in [0, 0.05) is 38.1 Å². The standard InChI is InChI=1S/C23H27FN4O2S2/c1-17-5-3-4-6-21(17)25-9-11-26(12-10-25)22-8-7-18(13-20(22)24)28-15-19(30-23(28)29)14-27(16-31)32-2/h3-8,13,16,19H,9-12,14-15H2,1-2H3/t19-/m0/s1. The van der Waals surface area contributed by atoms with Crippen molar-refractivity contribution in [3.63, 3.8) is 0 Å². The maximum Gasteiger partial charge on any atom is 0.414 e. The number of piperazine rings is 1. The molecule has 4 rings (SSSR count). The number of hydrogen-bond acceptors (Lipinski definition) is 6. The van der Waals surface area contributed by atoms with E-state index in [4.69, 9.17) is 17.0 Å². The second-order valence-electron chi connectivity index (χ2n) is 7.90. The molecule has 2 fully saturated rings. The summed E-state index contributed by atoms with van der Waals surface area (Å²) in [5.74, 6) is -0.326. The van der Waals surface area contributed by atoms with Crippen LogP contribution in [-0.2, 0) is 4.74 Å². The van der Waals surface area contributed by atoms with Gasteiger partial charge in [0.25, 0.3) is 0 Å². The quantitative estimate of drug-likeness (QED) is 0.437. The first kappa shape index (κ1) is 22.7. The SMILES string of the molecule is CSN(C=S)C[C@H]1CN(c2ccc(N3CCN(c4ccccc4C)CC3)c(F)c2)C(=O)O1. The molecule has 0 saturated carbocycles. The van der Waals surface area contributed by atoms with Crippen LogP contribution in [0.25, 0.3) is 0 Å². The van der Waals surface area contributed by atoms with Gasteiger partial charge in [-0.05, 0) is 36.8 Å². The predicted molar refractivity (Wildman–Crippen MR) is 133 cm³/mol. The van der Waals surface area contributed by atoms with Crippen molar-refractivity contribution < 1.29 is 13.9 Å². The van der Waals surface area contributed by atoms with Gasteiger partial charge in [0.1, 0.15) is 11.9 Å². The Morgan fingerprint density at radius 3 is 2.47 bits per heavy atom. The van der Waals surface area contributed by atoms with Crippen molar-refractivity contribution in [1.29, 1.82) is 0 Å². The Hall–Kier alpha value is -2.52. The van der Waals surface area contributed by atoms with Crippen LogP contribution < -0.4 is 14.7 Å². The molecule has 2 saturated heterocycles. The highest BCUT2D eigenvalue weighted by Gasteiger charge is 2.34. The Kier molecular flexibility index (Phi) is 7.05. The molecule has 0 unspecified atom stereocenters. The number of halogens is 1. The van der Waals surface area contributed by atoms with E-state index in [0.717, 1.165) is 26.2 Å². The number of hydrogen-bond donors (Lipinski definition) is 0. The van der Waals surface area contributed by atoms with Crippen molar-refractivity contribution in [1.82, 2.24) is 4.31 Å². The summed E-state index contributed by atoms with van der Waals surface area (Å²) >= 11 is 6.43. The maximum absolute atomic E-state index is 15.1. The number of amides is 1. The molecule has 1 amide bonds. The molecule has 32 heavy (non-hydrogen) atoms. The lowest BCUT2D eigenvalue weighted by atomic mass is 10.1. The molecular weight excluding hydrogens is 447 g/mol. The summed E-state index contributed by atoms with van der Waals surface area (Å²) in [6, 6.07) is 13.3. The van der Waals surface area contributed by atoms with E-state index < -0.39 is 6.09 Å². The second-order valence-corrected chi connectivity index (χ2v) is 8.95. The lowest BCUT2D eigenvalue weighted by Crippen LogP contribution is -2.47. The summed E-state index contributed by atoms with van der Waals surface area (Å²) < 4.78 is 22.3. The highest BCUT2D eigenvalue weighted by atomic mass is 32.2. The van der Waals surface area contributed by atoms with Crippen LogP contribution in [0.15, 0.2) is 42.5 Å². The molecular formula is C23H27FN4O2S2.